The first kappa shape index (κ1) is 15.6. The van der Waals surface area contributed by atoms with E-state index in [1.807, 2.05) is 6.08 Å². The molecule has 0 saturated carbocycles. The van der Waals surface area contributed by atoms with E-state index in [0.717, 1.165) is 18.6 Å². The van der Waals surface area contributed by atoms with Gasteiger partial charge in [-0.2, -0.15) is 11.8 Å². The zero-order chi connectivity index (χ0) is 12.1. The largest absolute Gasteiger partial charge is 0.481 e. The first-order valence-electron chi connectivity index (χ1n) is 6.18. The average molecular weight is 244 g/mol. The highest BCUT2D eigenvalue weighted by molar-refractivity contribution is 7.99. The Kier molecular flexibility index (Phi) is 12.3. The van der Waals surface area contributed by atoms with E-state index < -0.39 is 5.97 Å². The minimum Gasteiger partial charge on any atom is -0.481 e. The Morgan fingerprint density at radius 2 is 1.62 bits per heavy atom. The lowest BCUT2D eigenvalue weighted by atomic mass is 10.1. The highest BCUT2D eigenvalue weighted by Crippen LogP contribution is 2.11. The molecule has 0 amide bonds. The number of allylic oxidation sites excluding steroid dienone is 1. The second-order valence-corrected chi connectivity index (χ2v) is 5.10. The molecule has 0 bridgehead atoms. The van der Waals surface area contributed by atoms with Gasteiger partial charge in [-0.25, -0.2) is 0 Å². The second-order valence-electron chi connectivity index (χ2n) is 4.00. The van der Waals surface area contributed by atoms with E-state index in [2.05, 4.69) is 6.58 Å². The summed E-state index contributed by atoms with van der Waals surface area (Å²) in [6.45, 7) is 3.70. The molecule has 3 heteroatoms. The molecule has 2 nitrogen and oxygen atoms in total. The first-order chi connectivity index (χ1) is 7.77. The van der Waals surface area contributed by atoms with Crippen molar-refractivity contribution in [1.29, 1.82) is 0 Å². The normalized spacial score (nSPS) is 10.2. The molecule has 0 aliphatic rings. The second kappa shape index (κ2) is 12.6. The lowest BCUT2D eigenvalue weighted by Gasteiger charge is -2.01. The number of hydrogen-bond donors (Lipinski definition) is 1. The molecule has 0 spiro atoms. The Hall–Kier alpha value is -0.440. The van der Waals surface area contributed by atoms with Crippen LogP contribution in [0.1, 0.15) is 51.4 Å². The maximum atomic E-state index is 10.2. The SMILES string of the molecule is C=CCCCCCCCCCSCC(=O)O. The van der Waals surface area contributed by atoms with Crippen LogP contribution in [0.15, 0.2) is 12.7 Å². The summed E-state index contributed by atoms with van der Waals surface area (Å²) in [5.74, 6) is 0.539. The van der Waals surface area contributed by atoms with Gasteiger partial charge in [-0.3, -0.25) is 4.79 Å². The van der Waals surface area contributed by atoms with Gasteiger partial charge in [0.1, 0.15) is 0 Å². The van der Waals surface area contributed by atoms with Crippen molar-refractivity contribution < 1.29 is 9.90 Å². The Labute approximate surface area is 104 Å². The number of carboxylic acids is 1. The molecular weight excluding hydrogens is 220 g/mol. The lowest BCUT2D eigenvalue weighted by molar-refractivity contribution is -0.133. The van der Waals surface area contributed by atoms with Crippen molar-refractivity contribution in [3.8, 4) is 0 Å². The van der Waals surface area contributed by atoms with Gasteiger partial charge in [0.25, 0.3) is 0 Å². The van der Waals surface area contributed by atoms with Crippen LogP contribution in [-0.4, -0.2) is 22.6 Å². The summed E-state index contributed by atoms with van der Waals surface area (Å²) in [5.41, 5.74) is 0. The lowest BCUT2D eigenvalue weighted by Crippen LogP contribution is -1.98. The molecule has 0 saturated heterocycles. The highest BCUT2D eigenvalue weighted by Gasteiger charge is 1.96. The van der Waals surface area contributed by atoms with Gasteiger partial charge in [-0.05, 0) is 25.0 Å². The van der Waals surface area contributed by atoms with Gasteiger partial charge in [0.05, 0.1) is 5.75 Å². The number of rotatable bonds is 12. The van der Waals surface area contributed by atoms with Crippen molar-refractivity contribution in [2.75, 3.05) is 11.5 Å². The molecule has 1 N–H and O–H groups in total. The van der Waals surface area contributed by atoms with E-state index in [1.54, 1.807) is 0 Å². The predicted octanol–water partition coefficient (Wildman–Crippen LogP) is 4.11. The van der Waals surface area contributed by atoms with E-state index in [-0.39, 0.29) is 5.75 Å². The zero-order valence-electron chi connectivity index (χ0n) is 10.1. The minimum atomic E-state index is -0.702. The molecule has 0 aromatic heterocycles. The number of aliphatic carboxylic acids is 1. The maximum Gasteiger partial charge on any atom is 0.313 e. The fourth-order valence-electron chi connectivity index (χ4n) is 1.54. The molecule has 0 aliphatic carbocycles. The van der Waals surface area contributed by atoms with E-state index >= 15 is 0 Å². The third-order valence-corrected chi connectivity index (χ3v) is 3.45. The Morgan fingerprint density at radius 1 is 1.06 bits per heavy atom. The molecule has 0 rings (SSSR count). The van der Waals surface area contributed by atoms with Gasteiger partial charge in [0.2, 0.25) is 0 Å². The van der Waals surface area contributed by atoms with Crippen LogP contribution >= 0.6 is 11.8 Å². The first-order valence-corrected chi connectivity index (χ1v) is 7.33. The molecule has 94 valence electrons. The van der Waals surface area contributed by atoms with Crippen LogP contribution in [-0.2, 0) is 4.79 Å². The maximum absolute atomic E-state index is 10.2. The zero-order valence-corrected chi connectivity index (χ0v) is 10.9. The van der Waals surface area contributed by atoms with Gasteiger partial charge in [0.15, 0.2) is 0 Å². The molecular formula is C13H24O2S. The summed E-state index contributed by atoms with van der Waals surface area (Å²) >= 11 is 1.53. The highest BCUT2D eigenvalue weighted by atomic mass is 32.2. The fourth-order valence-corrected chi connectivity index (χ4v) is 2.26. The van der Waals surface area contributed by atoms with Gasteiger partial charge >= 0.3 is 5.97 Å². The number of carboxylic acid groups (broad SMARTS) is 1. The molecule has 0 aromatic carbocycles. The van der Waals surface area contributed by atoms with E-state index in [4.69, 9.17) is 5.11 Å². The fraction of sp³-hybridized carbons (Fsp3) is 0.769. The van der Waals surface area contributed by atoms with Gasteiger partial charge in [-0.15, -0.1) is 6.58 Å². The summed E-state index contributed by atoms with van der Waals surface area (Å²) in [4.78, 5) is 10.2. The van der Waals surface area contributed by atoms with Crippen molar-refractivity contribution in [3.63, 3.8) is 0 Å². The summed E-state index contributed by atoms with van der Waals surface area (Å²) in [5, 5.41) is 8.43. The van der Waals surface area contributed by atoms with E-state index in [9.17, 15) is 4.79 Å². The molecule has 16 heavy (non-hydrogen) atoms. The summed E-state index contributed by atoms with van der Waals surface area (Å²) < 4.78 is 0. The topological polar surface area (TPSA) is 37.3 Å². The van der Waals surface area contributed by atoms with Crippen LogP contribution in [0.4, 0.5) is 0 Å². The third-order valence-electron chi connectivity index (χ3n) is 2.42. The van der Waals surface area contributed by atoms with Crippen LogP contribution < -0.4 is 0 Å². The number of unbranched alkanes of at least 4 members (excludes halogenated alkanes) is 7. The Balaban J connectivity index is 2.93. The molecule has 0 aromatic rings. The van der Waals surface area contributed by atoms with Crippen LogP contribution in [0.5, 0.6) is 0 Å². The third kappa shape index (κ3) is 13.6. The van der Waals surface area contributed by atoms with Crippen molar-refractivity contribution in [2.45, 2.75) is 51.4 Å². The Bertz CT molecular complexity index is 181. The smallest absolute Gasteiger partial charge is 0.313 e. The van der Waals surface area contributed by atoms with E-state index in [0.29, 0.717) is 0 Å². The number of hydrogen-bond acceptors (Lipinski definition) is 2. The molecule has 0 heterocycles. The quantitative estimate of drug-likeness (QED) is 0.414. The summed E-state index contributed by atoms with van der Waals surface area (Å²) in [6, 6.07) is 0. The van der Waals surface area contributed by atoms with Crippen LogP contribution in [0.3, 0.4) is 0 Å². The van der Waals surface area contributed by atoms with Crippen LogP contribution in [0.25, 0.3) is 0 Å². The molecule has 0 atom stereocenters. The summed E-state index contributed by atoms with van der Waals surface area (Å²) in [7, 11) is 0. The van der Waals surface area contributed by atoms with Crippen molar-refractivity contribution >= 4 is 17.7 Å². The molecule has 0 radical (unpaired) electrons. The standard InChI is InChI=1S/C13H24O2S/c1-2-3-4-5-6-7-8-9-10-11-16-12-13(14)15/h2H,1,3-12H2,(H,14,15). The Morgan fingerprint density at radius 3 is 2.19 bits per heavy atom. The number of carbonyl (C=O) groups is 1. The molecule has 0 fully saturated rings. The molecule has 0 unspecified atom stereocenters. The van der Waals surface area contributed by atoms with Crippen molar-refractivity contribution in [3.05, 3.63) is 12.7 Å². The number of thioether (sulfide) groups is 1. The molecule has 0 aliphatic heterocycles. The van der Waals surface area contributed by atoms with Crippen LogP contribution in [0.2, 0.25) is 0 Å². The minimum absolute atomic E-state index is 0.252. The predicted molar refractivity (Wildman–Crippen MR) is 72.1 cm³/mol. The van der Waals surface area contributed by atoms with E-state index in [1.165, 1.54) is 50.3 Å². The summed E-state index contributed by atoms with van der Waals surface area (Å²) in [6.07, 6.45) is 12.1. The van der Waals surface area contributed by atoms with Gasteiger partial charge in [-0.1, -0.05) is 38.2 Å². The average Bonchev–Trinajstić information content (AvgIpc) is 2.25. The van der Waals surface area contributed by atoms with Crippen molar-refractivity contribution in [1.82, 2.24) is 0 Å². The van der Waals surface area contributed by atoms with Crippen molar-refractivity contribution in [2.24, 2.45) is 0 Å². The monoisotopic (exact) mass is 244 g/mol. The van der Waals surface area contributed by atoms with Crippen LogP contribution in [0, 0.1) is 0 Å². The van der Waals surface area contributed by atoms with Gasteiger partial charge in [0, 0.05) is 0 Å². The van der Waals surface area contributed by atoms with Gasteiger partial charge < -0.3 is 5.11 Å².